The van der Waals surface area contributed by atoms with Gasteiger partial charge in [0.05, 0.1) is 17.6 Å². The van der Waals surface area contributed by atoms with E-state index in [9.17, 15) is 0 Å². The average Bonchev–Trinajstić information content (AvgIpc) is 3.11. The molecule has 0 unspecified atom stereocenters. The Morgan fingerprint density at radius 3 is 2.91 bits per heavy atom. The van der Waals surface area contributed by atoms with E-state index in [-0.39, 0.29) is 0 Å². The Hall–Kier alpha value is -2.76. The second kappa shape index (κ2) is 5.93. The van der Waals surface area contributed by atoms with Gasteiger partial charge in [0, 0.05) is 37.0 Å². The van der Waals surface area contributed by atoms with E-state index in [1.165, 1.54) is 0 Å². The topological polar surface area (TPSA) is 69.6 Å². The number of aromatic nitrogens is 5. The molecule has 0 atom stereocenters. The van der Waals surface area contributed by atoms with Crippen LogP contribution in [-0.4, -0.2) is 24.9 Å². The number of aryl methyl sites for hydroxylation is 3. The fourth-order valence-corrected chi connectivity index (χ4v) is 2.22. The van der Waals surface area contributed by atoms with Gasteiger partial charge in [-0.05, 0) is 25.1 Å². The van der Waals surface area contributed by atoms with Crippen molar-refractivity contribution in [2.24, 2.45) is 7.05 Å². The third-order valence-electron chi connectivity index (χ3n) is 3.38. The van der Waals surface area contributed by atoms with E-state index >= 15 is 0 Å². The van der Waals surface area contributed by atoms with Crippen LogP contribution >= 0.6 is 0 Å². The second-order valence-corrected chi connectivity index (χ2v) is 4.99. The summed E-state index contributed by atoms with van der Waals surface area (Å²) >= 11 is 0. The van der Waals surface area contributed by atoms with Crippen LogP contribution in [0.5, 0.6) is 0 Å². The zero-order chi connectivity index (χ0) is 15.5. The molecule has 0 saturated heterocycles. The molecule has 3 heterocycles. The SMILES string of the molecule is CCc1onc(C)c1/C=C/c1nccc(-c2cnn(C)c2)n1. The van der Waals surface area contributed by atoms with Crippen molar-refractivity contribution >= 4 is 12.2 Å². The lowest BCUT2D eigenvalue weighted by atomic mass is 10.1. The van der Waals surface area contributed by atoms with Gasteiger partial charge in [0.25, 0.3) is 0 Å². The van der Waals surface area contributed by atoms with E-state index < -0.39 is 0 Å². The van der Waals surface area contributed by atoms with Crippen LogP contribution in [0, 0.1) is 6.92 Å². The minimum Gasteiger partial charge on any atom is -0.361 e. The monoisotopic (exact) mass is 295 g/mol. The van der Waals surface area contributed by atoms with E-state index in [0.29, 0.717) is 5.82 Å². The summed E-state index contributed by atoms with van der Waals surface area (Å²) < 4.78 is 7.03. The highest BCUT2D eigenvalue weighted by molar-refractivity contribution is 5.69. The van der Waals surface area contributed by atoms with Crippen LogP contribution in [-0.2, 0) is 13.5 Å². The van der Waals surface area contributed by atoms with Gasteiger partial charge in [-0.2, -0.15) is 5.10 Å². The predicted octanol–water partition coefficient (Wildman–Crippen LogP) is 2.91. The Kier molecular flexibility index (Phi) is 3.82. The fraction of sp³-hybridized carbons (Fsp3) is 0.250. The maximum Gasteiger partial charge on any atom is 0.152 e. The molecular formula is C16H17N5O. The number of rotatable bonds is 4. The molecule has 0 N–H and O–H groups in total. The molecule has 0 aliphatic heterocycles. The summed E-state index contributed by atoms with van der Waals surface area (Å²) in [4.78, 5) is 8.82. The molecular weight excluding hydrogens is 278 g/mol. The average molecular weight is 295 g/mol. The Labute approximate surface area is 128 Å². The predicted molar refractivity (Wildman–Crippen MR) is 83.8 cm³/mol. The number of nitrogens with zero attached hydrogens (tertiary/aromatic N) is 5. The molecule has 6 nitrogen and oxygen atoms in total. The molecule has 0 amide bonds. The standard InChI is InChI=1S/C16H17N5O/c1-4-15-13(11(2)20-22-15)5-6-16-17-8-7-14(19-16)12-9-18-21(3)10-12/h5-10H,4H2,1-3H3/b6-5+. The molecule has 0 aromatic carbocycles. The van der Waals surface area contributed by atoms with Gasteiger partial charge in [0.2, 0.25) is 0 Å². The van der Waals surface area contributed by atoms with Gasteiger partial charge in [-0.15, -0.1) is 0 Å². The van der Waals surface area contributed by atoms with E-state index in [2.05, 4.69) is 20.2 Å². The van der Waals surface area contributed by atoms with Crippen molar-refractivity contribution in [3.8, 4) is 11.3 Å². The Bertz CT molecular complexity index is 816. The van der Waals surface area contributed by atoms with E-state index in [0.717, 1.165) is 34.7 Å². The molecule has 0 radical (unpaired) electrons. The van der Waals surface area contributed by atoms with Gasteiger partial charge in [0.1, 0.15) is 5.76 Å². The summed E-state index contributed by atoms with van der Waals surface area (Å²) in [6, 6.07) is 1.87. The first-order chi connectivity index (χ1) is 10.7. The highest BCUT2D eigenvalue weighted by Gasteiger charge is 2.08. The summed E-state index contributed by atoms with van der Waals surface area (Å²) in [7, 11) is 1.88. The molecule has 3 aromatic heterocycles. The summed E-state index contributed by atoms with van der Waals surface area (Å²) in [6.07, 6.45) is 10.1. The van der Waals surface area contributed by atoms with E-state index in [1.807, 2.05) is 45.3 Å². The van der Waals surface area contributed by atoms with Crippen molar-refractivity contribution in [3.05, 3.63) is 47.5 Å². The molecule has 112 valence electrons. The zero-order valence-electron chi connectivity index (χ0n) is 12.8. The first-order valence-electron chi connectivity index (χ1n) is 7.12. The molecule has 3 rings (SSSR count). The number of hydrogen-bond donors (Lipinski definition) is 0. The van der Waals surface area contributed by atoms with Crippen LogP contribution in [0.1, 0.15) is 29.8 Å². The smallest absolute Gasteiger partial charge is 0.152 e. The van der Waals surface area contributed by atoms with Gasteiger partial charge in [-0.3, -0.25) is 4.68 Å². The molecule has 3 aromatic rings. The molecule has 6 heteroatoms. The van der Waals surface area contributed by atoms with Crippen LogP contribution in [0.15, 0.2) is 29.2 Å². The molecule has 0 aliphatic carbocycles. The van der Waals surface area contributed by atoms with Gasteiger partial charge in [-0.25, -0.2) is 9.97 Å². The molecule has 0 bridgehead atoms. The van der Waals surface area contributed by atoms with Crippen molar-refractivity contribution in [1.29, 1.82) is 0 Å². The Morgan fingerprint density at radius 1 is 1.32 bits per heavy atom. The third kappa shape index (κ3) is 2.81. The molecule has 22 heavy (non-hydrogen) atoms. The van der Waals surface area contributed by atoms with Crippen LogP contribution in [0.4, 0.5) is 0 Å². The maximum absolute atomic E-state index is 5.28. The molecule has 0 fully saturated rings. The van der Waals surface area contributed by atoms with Gasteiger partial charge < -0.3 is 4.52 Å². The molecule has 0 saturated carbocycles. The lowest BCUT2D eigenvalue weighted by Crippen LogP contribution is -1.90. The first-order valence-corrected chi connectivity index (χ1v) is 7.12. The maximum atomic E-state index is 5.28. The van der Waals surface area contributed by atoms with Crippen molar-refractivity contribution in [1.82, 2.24) is 24.9 Å². The van der Waals surface area contributed by atoms with Gasteiger partial charge in [-0.1, -0.05) is 12.1 Å². The van der Waals surface area contributed by atoms with Crippen molar-refractivity contribution in [3.63, 3.8) is 0 Å². The highest BCUT2D eigenvalue weighted by atomic mass is 16.5. The second-order valence-electron chi connectivity index (χ2n) is 4.99. The van der Waals surface area contributed by atoms with E-state index in [1.54, 1.807) is 17.1 Å². The normalized spacial score (nSPS) is 11.4. The van der Waals surface area contributed by atoms with Crippen molar-refractivity contribution < 1.29 is 4.52 Å². The highest BCUT2D eigenvalue weighted by Crippen LogP contribution is 2.18. The van der Waals surface area contributed by atoms with Gasteiger partial charge in [0.15, 0.2) is 5.82 Å². The Balaban J connectivity index is 1.90. The van der Waals surface area contributed by atoms with Crippen molar-refractivity contribution in [2.75, 3.05) is 0 Å². The minimum atomic E-state index is 0.643. The first kappa shape index (κ1) is 14.2. The summed E-state index contributed by atoms with van der Waals surface area (Å²) in [6.45, 7) is 3.96. The van der Waals surface area contributed by atoms with Crippen LogP contribution in [0.2, 0.25) is 0 Å². The van der Waals surface area contributed by atoms with E-state index in [4.69, 9.17) is 4.52 Å². The largest absolute Gasteiger partial charge is 0.361 e. The minimum absolute atomic E-state index is 0.643. The van der Waals surface area contributed by atoms with Gasteiger partial charge >= 0.3 is 0 Å². The third-order valence-corrected chi connectivity index (χ3v) is 3.38. The summed E-state index contributed by atoms with van der Waals surface area (Å²) in [5.74, 6) is 1.51. The molecule has 0 aliphatic rings. The van der Waals surface area contributed by atoms with Crippen LogP contribution in [0.25, 0.3) is 23.4 Å². The lowest BCUT2D eigenvalue weighted by Gasteiger charge is -1.98. The van der Waals surface area contributed by atoms with Crippen molar-refractivity contribution in [2.45, 2.75) is 20.3 Å². The quantitative estimate of drug-likeness (QED) is 0.740. The number of hydrogen-bond acceptors (Lipinski definition) is 5. The fourth-order valence-electron chi connectivity index (χ4n) is 2.22. The van der Waals surface area contributed by atoms with Crippen LogP contribution < -0.4 is 0 Å². The summed E-state index contributed by atoms with van der Waals surface area (Å²) in [5.41, 5.74) is 3.69. The molecule has 0 spiro atoms. The lowest BCUT2D eigenvalue weighted by molar-refractivity contribution is 0.383. The van der Waals surface area contributed by atoms with Crippen LogP contribution in [0.3, 0.4) is 0 Å². The summed E-state index contributed by atoms with van der Waals surface area (Å²) in [5, 5.41) is 8.15. The zero-order valence-corrected chi connectivity index (χ0v) is 12.8. The Morgan fingerprint density at radius 2 is 2.18 bits per heavy atom.